The van der Waals surface area contributed by atoms with E-state index in [9.17, 15) is 4.39 Å². The Labute approximate surface area is 132 Å². The van der Waals surface area contributed by atoms with Crippen LogP contribution in [0.3, 0.4) is 0 Å². The predicted octanol–water partition coefficient (Wildman–Crippen LogP) is 5.18. The molecule has 0 bridgehead atoms. The molecule has 0 spiro atoms. The second-order valence-electron chi connectivity index (χ2n) is 4.94. The average molecular weight is 323 g/mol. The Hall–Kier alpha value is -1.58. The van der Waals surface area contributed by atoms with Crippen LogP contribution >= 0.6 is 23.2 Å². The molecule has 108 valence electrons. The lowest BCUT2D eigenvalue weighted by Gasteiger charge is -2.11. The van der Waals surface area contributed by atoms with Gasteiger partial charge in [0.25, 0.3) is 0 Å². The van der Waals surface area contributed by atoms with Gasteiger partial charge in [0, 0.05) is 11.6 Å². The maximum atomic E-state index is 13.4. The number of hydrogen-bond donors (Lipinski definition) is 0. The van der Waals surface area contributed by atoms with Gasteiger partial charge in [0.05, 0.1) is 16.4 Å². The monoisotopic (exact) mass is 322 g/mol. The second-order valence-corrected chi connectivity index (χ2v) is 6.03. The number of fused-ring (bicyclic) bond motifs is 1. The third kappa shape index (κ3) is 2.89. The van der Waals surface area contributed by atoms with Crippen molar-refractivity contribution in [3.05, 3.63) is 64.7 Å². The SMILES string of the molecule is CC(Cl)c1nc2ccc(Cl)cc2n1Cc1cccc(F)c1. The predicted molar refractivity (Wildman–Crippen MR) is 84.5 cm³/mol. The molecule has 0 aliphatic rings. The lowest BCUT2D eigenvalue weighted by molar-refractivity contribution is 0.623. The molecule has 1 unspecified atom stereocenters. The molecule has 0 fully saturated rings. The molecule has 5 heteroatoms. The van der Waals surface area contributed by atoms with E-state index >= 15 is 0 Å². The van der Waals surface area contributed by atoms with E-state index in [1.54, 1.807) is 12.1 Å². The van der Waals surface area contributed by atoms with Gasteiger partial charge in [-0.05, 0) is 42.8 Å². The van der Waals surface area contributed by atoms with Gasteiger partial charge in [-0.2, -0.15) is 0 Å². The summed E-state index contributed by atoms with van der Waals surface area (Å²) in [5.74, 6) is 0.494. The van der Waals surface area contributed by atoms with Crippen LogP contribution in [0.25, 0.3) is 11.0 Å². The maximum absolute atomic E-state index is 13.4. The van der Waals surface area contributed by atoms with Crippen molar-refractivity contribution in [2.45, 2.75) is 18.8 Å². The number of halogens is 3. The summed E-state index contributed by atoms with van der Waals surface area (Å²) in [6, 6.07) is 12.0. The Balaban J connectivity index is 2.14. The number of nitrogens with zero attached hydrogens (tertiary/aromatic N) is 2. The van der Waals surface area contributed by atoms with Gasteiger partial charge in [0.1, 0.15) is 11.6 Å². The molecule has 0 aliphatic heterocycles. The molecule has 2 aromatic carbocycles. The van der Waals surface area contributed by atoms with Crippen molar-refractivity contribution >= 4 is 34.2 Å². The van der Waals surface area contributed by atoms with E-state index in [1.165, 1.54) is 12.1 Å². The lowest BCUT2D eigenvalue weighted by Crippen LogP contribution is -2.06. The zero-order valence-corrected chi connectivity index (χ0v) is 12.9. The summed E-state index contributed by atoms with van der Waals surface area (Å²) in [5, 5.41) is 0.390. The van der Waals surface area contributed by atoms with Crippen molar-refractivity contribution in [1.29, 1.82) is 0 Å². The van der Waals surface area contributed by atoms with Crippen LogP contribution in [-0.2, 0) is 6.54 Å². The van der Waals surface area contributed by atoms with Gasteiger partial charge in [-0.1, -0.05) is 23.7 Å². The summed E-state index contributed by atoms with van der Waals surface area (Å²) in [4.78, 5) is 4.55. The highest BCUT2D eigenvalue weighted by Gasteiger charge is 2.15. The van der Waals surface area contributed by atoms with Gasteiger partial charge in [-0.3, -0.25) is 0 Å². The molecule has 0 saturated heterocycles. The van der Waals surface area contributed by atoms with Crippen molar-refractivity contribution in [2.24, 2.45) is 0 Å². The van der Waals surface area contributed by atoms with Crippen LogP contribution in [0.15, 0.2) is 42.5 Å². The third-order valence-corrected chi connectivity index (χ3v) is 3.76. The van der Waals surface area contributed by atoms with Crippen LogP contribution < -0.4 is 0 Å². The van der Waals surface area contributed by atoms with Crippen LogP contribution in [0, 0.1) is 5.82 Å². The lowest BCUT2D eigenvalue weighted by atomic mass is 10.2. The number of benzene rings is 2. The zero-order valence-electron chi connectivity index (χ0n) is 11.4. The molecule has 0 amide bonds. The summed E-state index contributed by atoms with van der Waals surface area (Å²) in [7, 11) is 0. The van der Waals surface area contributed by atoms with E-state index in [-0.39, 0.29) is 11.2 Å². The van der Waals surface area contributed by atoms with E-state index in [0.29, 0.717) is 11.6 Å². The number of hydrogen-bond acceptors (Lipinski definition) is 1. The topological polar surface area (TPSA) is 17.8 Å². The summed E-state index contributed by atoms with van der Waals surface area (Å²) >= 11 is 12.3. The minimum Gasteiger partial charge on any atom is -0.322 e. The summed E-state index contributed by atoms with van der Waals surface area (Å²) in [6.07, 6.45) is 0. The van der Waals surface area contributed by atoms with E-state index in [4.69, 9.17) is 23.2 Å². The highest BCUT2D eigenvalue weighted by molar-refractivity contribution is 6.31. The van der Waals surface area contributed by atoms with Gasteiger partial charge in [0.2, 0.25) is 0 Å². The van der Waals surface area contributed by atoms with Crippen LogP contribution in [0.2, 0.25) is 5.02 Å². The van der Waals surface area contributed by atoms with Crippen LogP contribution in [0.1, 0.15) is 23.7 Å². The normalized spacial score (nSPS) is 12.8. The number of alkyl halides is 1. The second kappa shape index (κ2) is 5.66. The van der Waals surface area contributed by atoms with Crippen molar-refractivity contribution in [3.8, 4) is 0 Å². The first-order chi connectivity index (χ1) is 10.0. The van der Waals surface area contributed by atoms with Gasteiger partial charge in [-0.25, -0.2) is 9.37 Å². The van der Waals surface area contributed by atoms with Gasteiger partial charge in [0.15, 0.2) is 0 Å². The Bertz CT molecular complexity index is 796. The molecule has 1 aromatic heterocycles. The van der Waals surface area contributed by atoms with Crippen LogP contribution in [0.5, 0.6) is 0 Å². The average Bonchev–Trinajstić information content (AvgIpc) is 2.77. The van der Waals surface area contributed by atoms with Gasteiger partial charge < -0.3 is 4.57 Å². The molecule has 3 aromatic rings. The van der Waals surface area contributed by atoms with E-state index in [2.05, 4.69) is 4.98 Å². The number of rotatable bonds is 3. The minimum atomic E-state index is -0.254. The first kappa shape index (κ1) is 14.4. The van der Waals surface area contributed by atoms with Gasteiger partial charge in [-0.15, -0.1) is 11.6 Å². The highest BCUT2D eigenvalue weighted by Crippen LogP contribution is 2.27. The fraction of sp³-hybridized carbons (Fsp3) is 0.188. The zero-order chi connectivity index (χ0) is 15.0. The fourth-order valence-corrected chi connectivity index (χ4v) is 2.74. The fourth-order valence-electron chi connectivity index (χ4n) is 2.40. The maximum Gasteiger partial charge on any atom is 0.128 e. The van der Waals surface area contributed by atoms with Crippen molar-refractivity contribution in [3.63, 3.8) is 0 Å². The summed E-state index contributed by atoms with van der Waals surface area (Å²) in [5.41, 5.74) is 2.58. The molecule has 3 rings (SSSR count). The van der Waals surface area contributed by atoms with Crippen LogP contribution in [-0.4, -0.2) is 9.55 Å². The Morgan fingerprint density at radius 3 is 2.76 bits per heavy atom. The Kier molecular flexibility index (Phi) is 3.87. The summed E-state index contributed by atoms with van der Waals surface area (Å²) < 4.78 is 15.3. The largest absolute Gasteiger partial charge is 0.322 e. The quantitative estimate of drug-likeness (QED) is 0.608. The van der Waals surface area contributed by atoms with Crippen LogP contribution in [0.4, 0.5) is 4.39 Å². The third-order valence-electron chi connectivity index (χ3n) is 3.33. The Morgan fingerprint density at radius 2 is 2.05 bits per heavy atom. The van der Waals surface area contributed by atoms with Crippen molar-refractivity contribution < 1.29 is 4.39 Å². The highest BCUT2D eigenvalue weighted by atomic mass is 35.5. The molecule has 0 aliphatic carbocycles. The van der Waals surface area contributed by atoms with E-state index in [1.807, 2.05) is 29.7 Å². The molecule has 1 atom stereocenters. The molecule has 0 N–H and O–H groups in total. The molecule has 0 saturated carbocycles. The molecular weight excluding hydrogens is 310 g/mol. The summed E-state index contributed by atoms with van der Waals surface area (Å²) in [6.45, 7) is 2.37. The molecule has 2 nitrogen and oxygen atoms in total. The van der Waals surface area contributed by atoms with E-state index < -0.39 is 0 Å². The molecule has 0 radical (unpaired) electrons. The Morgan fingerprint density at radius 1 is 1.24 bits per heavy atom. The number of imidazole rings is 1. The smallest absolute Gasteiger partial charge is 0.128 e. The standard InChI is InChI=1S/C16H13Cl2FN2/c1-10(17)16-20-14-6-5-12(18)8-15(14)21(16)9-11-3-2-4-13(19)7-11/h2-8,10H,9H2,1H3. The first-order valence-electron chi connectivity index (χ1n) is 6.59. The molecule has 21 heavy (non-hydrogen) atoms. The van der Waals surface area contributed by atoms with Crippen molar-refractivity contribution in [2.75, 3.05) is 0 Å². The molecule has 1 heterocycles. The first-order valence-corrected chi connectivity index (χ1v) is 7.40. The molecular formula is C16H13Cl2FN2. The number of aromatic nitrogens is 2. The van der Waals surface area contributed by atoms with E-state index in [0.717, 1.165) is 22.4 Å². The van der Waals surface area contributed by atoms with Crippen molar-refractivity contribution in [1.82, 2.24) is 9.55 Å². The van der Waals surface area contributed by atoms with Gasteiger partial charge >= 0.3 is 0 Å². The minimum absolute atomic E-state index is 0.246.